The number of hydrogen-bond acceptors (Lipinski definition) is 6. The van der Waals surface area contributed by atoms with Crippen molar-refractivity contribution in [2.24, 2.45) is 0 Å². The van der Waals surface area contributed by atoms with Crippen molar-refractivity contribution in [2.45, 2.75) is 57.3 Å². The van der Waals surface area contributed by atoms with Crippen LogP contribution < -0.4 is 4.74 Å². The molecule has 1 unspecified atom stereocenters. The maximum atomic E-state index is 11.4. The molecule has 4 rings (SSSR count). The average molecular weight is 437 g/mol. The molecule has 1 aromatic carbocycles. The Morgan fingerprint density at radius 1 is 1.24 bits per heavy atom. The summed E-state index contributed by atoms with van der Waals surface area (Å²) in [6.45, 7) is 6.12. The number of rotatable bonds is 5. The minimum absolute atomic E-state index is 0.454. The summed E-state index contributed by atoms with van der Waals surface area (Å²) in [7, 11) is 0. The Hall–Kier alpha value is -1.18. The van der Waals surface area contributed by atoms with Crippen LogP contribution in [-0.4, -0.2) is 47.3 Å². The molecule has 0 aliphatic carbocycles. The maximum Gasteiger partial charge on any atom is 0.125 e. The number of aromatic nitrogens is 1. The van der Waals surface area contributed by atoms with Gasteiger partial charge in [-0.25, -0.2) is 4.98 Å². The Kier molecular flexibility index (Phi) is 6.76. The third-order valence-electron chi connectivity index (χ3n) is 6.03. The number of aliphatic hydroxyl groups is 1. The van der Waals surface area contributed by atoms with Gasteiger partial charge in [0.05, 0.1) is 10.6 Å². The second-order valence-electron chi connectivity index (χ2n) is 8.03. The van der Waals surface area contributed by atoms with E-state index in [1.807, 2.05) is 31.2 Å². The first-order chi connectivity index (χ1) is 14.0. The standard InChI is InChI=1S/C22H29ClN2O3S/c1-16-20(15-28-19-5-3-17(23)4-6-19)29-21(24-16)22(26)9-2-11-25(12-10-22)18-7-13-27-14-8-18/h3-6,18,26H,2,7-15H2,1H3. The molecular weight excluding hydrogens is 408 g/mol. The van der Waals surface area contributed by atoms with Gasteiger partial charge in [-0.3, -0.25) is 0 Å². The summed E-state index contributed by atoms with van der Waals surface area (Å²) >= 11 is 7.51. The third-order valence-corrected chi connectivity index (χ3v) is 7.61. The Labute approximate surface area is 181 Å². The molecule has 0 amide bonds. The molecule has 0 saturated carbocycles. The lowest BCUT2D eigenvalue weighted by molar-refractivity contribution is 0.0112. The van der Waals surface area contributed by atoms with E-state index in [0.717, 1.165) is 79.7 Å². The summed E-state index contributed by atoms with van der Waals surface area (Å²) in [5.41, 5.74) is 0.103. The smallest absolute Gasteiger partial charge is 0.125 e. The molecule has 0 spiro atoms. The third kappa shape index (κ3) is 5.12. The predicted octanol–water partition coefficient (Wildman–Crippen LogP) is 4.54. The first kappa shape index (κ1) is 21.1. The number of benzene rings is 1. The highest BCUT2D eigenvalue weighted by Gasteiger charge is 2.37. The second-order valence-corrected chi connectivity index (χ2v) is 9.55. The monoisotopic (exact) mass is 436 g/mol. The molecule has 158 valence electrons. The van der Waals surface area contributed by atoms with E-state index >= 15 is 0 Å². The molecule has 0 bridgehead atoms. The molecule has 29 heavy (non-hydrogen) atoms. The summed E-state index contributed by atoms with van der Waals surface area (Å²) in [5.74, 6) is 0.782. The van der Waals surface area contributed by atoms with Gasteiger partial charge in [0.1, 0.15) is 23.0 Å². The Balaban J connectivity index is 1.40. The summed E-state index contributed by atoms with van der Waals surface area (Å²) in [6, 6.07) is 7.96. The number of likely N-dealkylation sites (tertiary alicyclic amines) is 1. The van der Waals surface area contributed by atoms with Crippen molar-refractivity contribution in [3.63, 3.8) is 0 Å². The molecule has 1 aromatic heterocycles. The van der Waals surface area contributed by atoms with Crippen molar-refractivity contribution in [3.8, 4) is 5.75 Å². The van der Waals surface area contributed by atoms with E-state index in [0.29, 0.717) is 17.7 Å². The fourth-order valence-electron chi connectivity index (χ4n) is 4.21. The fourth-order valence-corrected chi connectivity index (χ4v) is 5.46. The zero-order chi connectivity index (χ0) is 20.3. The van der Waals surface area contributed by atoms with E-state index in [1.165, 1.54) is 0 Å². The van der Waals surface area contributed by atoms with Gasteiger partial charge in [0.15, 0.2) is 0 Å². The van der Waals surface area contributed by atoms with Crippen molar-refractivity contribution in [3.05, 3.63) is 44.9 Å². The average Bonchev–Trinajstić information content (AvgIpc) is 2.99. The van der Waals surface area contributed by atoms with E-state index in [9.17, 15) is 5.11 Å². The van der Waals surface area contributed by atoms with E-state index < -0.39 is 5.60 Å². The largest absolute Gasteiger partial charge is 0.488 e. The molecule has 0 radical (unpaired) electrons. The van der Waals surface area contributed by atoms with Crippen LogP contribution in [0.15, 0.2) is 24.3 Å². The molecule has 7 heteroatoms. The van der Waals surface area contributed by atoms with Crippen molar-refractivity contribution in [2.75, 3.05) is 26.3 Å². The quantitative estimate of drug-likeness (QED) is 0.745. The molecule has 2 fully saturated rings. The van der Waals surface area contributed by atoms with Gasteiger partial charge < -0.3 is 19.5 Å². The van der Waals surface area contributed by atoms with Crippen LogP contribution in [0.3, 0.4) is 0 Å². The normalized spacial score (nSPS) is 24.4. The Bertz CT molecular complexity index is 807. The van der Waals surface area contributed by atoms with E-state index in [4.69, 9.17) is 26.1 Å². The van der Waals surface area contributed by atoms with Crippen molar-refractivity contribution >= 4 is 22.9 Å². The highest BCUT2D eigenvalue weighted by molar-refractivity contribution is 7.11. The SMILES string of the molecule is Cc1nc(C2(O)CCCN(C3CCOCC3)CC2)sc1COc1ccc(Cl)cc1. The van der Waals surface area contributed by atoms with Gasteiger partial charge in [0, 0.05) is 30.8 Å². The van der Waals surface area contributed by atoms with E-state index in [-0.39, 0.29) is 0 Å². The molecule has 1 N–H and O–H groups in total. The van der Waals surface area contributed by atoms with Crippen LogP contribution >= 0.6 is 22.9 Å². The Morgan fingerprint density at radius 3 is 2.76 bits per heavy atom. The van der Waals surface area contributed by atoms with Crippen LogP contribution in [0, 0.1) is 6.92 Å². The molecule has 2 aliphatic heterocycles. The molecular formula is C22H29ClN2O3S. The molecule has 2 aliphatic rings. The topological polar surface area (TPSA) is 54.8 Å². The molecule has 2 aromatic rings. The van der Waals surface area contributed by atoms with Crippen LogP contribution in [0.4, 0.5) is 0 Å². The first-order valence-electron chi connectivity index (χ1n) is 10.4. The summed E-state index contributed by atoms with van der Waals surface area (Å²) in [4.78, 5) is 8.35. The predicted molar refractivity (Wildman–Crippen MR) is 116 cm³/mol. The second kappa shape index (κ2) is 9.31. The molecule has 5 nitrogen and oxygen atoms in total. The van der Waals surface area contributed by atoms with Crippen LogP contribution in [-0.2, 0) is 16.9 Å². The van der Waals surface area contributed by atoms with Gasteiger partial charge in [0.25, 0.3) is 0 Å². The van der Waals surface area contributed by atoms with Gasteiger partial charge in [-0.05, 0) is 69.8 Å². The zero-order valence-corrected chi connectivity index (χ0v) is 18.5. The highest BCUT2D eigenvalue weighted by Crippen LogP contribution is 2.37. The molecule has 2 saturated heterocycles. The number of thiazole rings is 1. The minimum atomic E-state index is -0.839. The van der Waals surface area contributed by atoms with E-state index in [2.05, 4.69) is 4.90 Å². The molecule has 1 atom stereocenters. The summed E-state index contributed by atoms with van der Waals surface area (Å²) in [6.07, 6.45) is 4.68. The summed E-state index contributed by atoms with van der Waals surface area (Å²) in [5, 5.41) is 13.0. The maximum absolute atomic E-state index is 11.4. The van der Waals surface area contributed by atoms with Crippen LogP contribution in [0.25, 0.3) is 0 Å². The van der Waals surface area contributed by atoms with Gasteiger partial charge in [0.2, 0.25) is 0 Å². The van der Waals surface area contributed by atoms with Crippen LogP contribution in [0.5, 0.6) is 5.75 Å². The number of halogens is 1. The lowest BCUT2D eigenvalue weighted by Crippen LogP contribution is -2.40. The van der Waals surface area contributed by atoms with Crippen LogP contribution in [0.2, 0.25) is 5.02 Å². The van der Waals surface area contributed by atoms with Gasteiger partial charge >= 0.3 is 0 Å². The first-order valence-corrected chi connectivity index (χ1v) is 11.6. The minimum Gasteiger partial charge on any atom is -0.488 e. The van der Waals surface area contributed by atoms with Gasteiger partial charge in [-0.15, -0.1) is 11.3 Å². The highest BCUT2D eigenvalue weighted by atomic mass is 35.5. The van der Waals surface area contributed by atoms with Crippen LogP contribution in [0.1, 0.15) is 47.7 Å². The summed E-state index contributed by atoms with van der Waals surface area (Å²) < 4.78 is 11.4. The lowest BCUT2D eigenvalue weighted by atomic mass is 9.96. The van der Waals surface area contributed by atoms with Crippen molar-refractivity contribution < 1.29 is 14.6 Å². The van der Waals surface area contributed by atoms with Crippen molar-refractivity contribution in [1.82, 2.24) is 9.88 Å². The lowest BCUT2D eigenvalue weighted by Gasteiger charge is -2.33. The number of hydrogen-bond donors (Lipinski definition) is 1. The fraction of sp³-hybridized carbons (Fsp3) is 0.591. The Morgan fingerprint density at radius 2 is 2.00 bits per heavy atom. The number of nitrogens with zero attached hydrogens (tertiary/aromatic N) is 2. The number of ether oxygens (including phenoxy) is 2. The zero-order valence-electron chi connectivity index (χ0n) is 16.9. The van der Waals surface area contributed by atoms with E-state index in [1.54, 1.807) is 11.3 Å². The van der Waals surface area contributed by atoms with Gasteiger partial charge in [-0.1, -0.05) is 11.6 Å². The number of aryl methyl sites for hydroxylation is 1. The molecule has 3 heterocycles. The van der Waals surface area contributed by atoms with Gasteiger partial charge in [-0.2, -0.15) is 0 Å². The van der Waals surface area contributed by atoms with Crippen molar-refractivity contribution in [1.29, 1.82) is 0 Å².